The smallest absolute Gasteiger partial charge is 0.143 e. The summed E-state index contributed by atoms with van der Waals surface area (Å²) in [6.07, 6.45) is 1.28. The first-order chi connectivity index (χ1) is 5.86. The van der Waals surface area contributed by atoms with E-state index >= 15 is 0 Å². The Labute approximate surface area is 76.6 Å². The van der Waals surface area contributed by atoms with Gasteiger partial charge in [0.1, 0.15) is 6.23 Å². The fourth-order valence-corrected chi connectivity index (χ4v) is 2.24. The molecular weight excluding hydrogens is 170 g/mol. The quantitative estimate of drug-likeness (QED) is 0.719. The summed E-state index contributed by atoms with van der Waals surface area (Å²) in [5.74, 6) is 0. The zero-order valence-electron chi connectivity index (χ0n) is 7.17. The zero-order valence-corrected chi connectivity index (χ0v) is 7.99. The maximum absolute atomic E-state index is 5.58. The summed E-state index contributed by atoms with van der Waals surface area (Å²) in [6, 6.07) is 4.28. The molecule has 0 radical (unpaired) electrons. The predicted molar refractivity (Wildman–Crippen MR) is 50.4 cm³/mol. The fraction of sp³-hybridized carbons (Fsp3) is 0.556. The average Bonchev–Trinajstić information content (AvgIpc) is 2.54. The van der Waals surface area contributed by atoms with Gasteiger partial charge in [-0.1, -0.05) is 0 Å². The van der Waals surface area contributed by atoms with Crippen LogP contribution < -0.4 is 5.32 Å². The number of hydrogen-bond donors (Lipinski definition) is 1. The third kappa shape index (κ3) is 1.68. The maximum Gasteiger partial charge on any atom is 0.143 e. The van der Waals surface area contributed by atoms with Crippen molar-refractivity contribution in [1.29, 1.82) is 0 Å². The summed E-state index contributed by atoms with van der Waals surface area (Å²) in [4.78, 5) is 2.65. The van der Waals surface area contributed by atoms with Crippen LogP contribution in [0.3, 0.4) is 0 Å². The molecule has 1 aromatic rings. The summed E-state index contributed by atoms with van der Waals surface area (Å²) in [6.45, 7) is 4.08. The van der Waals surface area contributed by atoms with Crippen molar-refractivity contribution in [2.75, 3.05) is 13.2 Å². The van der Waals surface area contributed by atoms with Crippen molar-refractivity contribution in [3.8, 4) is 0 Å². The van der Waals surface area contributed by atoms with Gasteiger partial charge in [-0.3, -0.25) is 5.32 Å². The molecule has 1 unspecified atom stereocenters. The van der Waals surface area contributed by atoms with E-state index in [-0.39, 0.29) is 6.23 Å². The summed E-state index contributed by atoms with van der Waals surface area (Å²) in [5.41, 5.74) is 0. The van der Waals surface area contributed by atoms with E-state index in [0.29, 0.717) is 0 Å². The van der Waals surface area contributed by atoms with Gasteiger partial charge in [0.05, 0.1) is 6.61 Å². The van der Waals surface area contributed by atoms with Gasteiger partial charge >= 0.3 is 0 Å². The van der Waals surface area contributed by atoms with Gasteiger partial charge < -0.3 is 4.74 Å². The van der Waals surface area contributed by atoms with Crippen molar-refractivity contribution in [3.05, 3.63) is 21.9 Å². The number of aryl methyl sites for hydroxylation is 1. The van der Waals surface area contributed by atoms with Crippen LogP contribution in [0.1, 0.15) is 22.4 Å². The van der Waals surface area contributed by atoms with Crippen molar-refractivity contribution < 1.29 is 4.74 Å². The first-order valence-electron chi connectivity index (χ1n) is 4.27. The molecule has 1 N–H and O–H groups in total. The predicted octanol–water partition coefficient (Wildman–Crippen LogP) is 2.07. The molecule has 1 saturated heterocycles. The molecular formula is C9H13NOS. The van der Waals surface area contributed by atoms with Crippen molar-refractivity contribution in [2.45, 2.75) is 19.6 Å². The van der Waals surface area contributed by atoms with Crippen molar-refractivity contribution in [3.63, 3.8) is 0 Å². The minimum absolute atomic E-state index is 0.150. The topological polar surface area (TPSA) is 21.3 Å². The Kier molecular flexibility index (Phi) is 2.44. The van der Waals surface area contributed by atoms with Gasteiger partial charge in [-0.15, -0.1) is 11.3 Å². The van der Waals surface area contributed by atoms with Crippen molar-refractivity contribution >= 4 is 11.3 Å². The molecule has 12 heavy (non-hydrogen) atoms. The monoisotopic (exact) mass is 183 g/mol. The Morgan fingerprint density at radius 3 is 3.08 bits per heavy atom. The van der Waals surface area contributed by atoms with Crippen LogP contribution in [0.4, 0.5) is 0 Å². The molecule has 0 aromatic carbocycles. The van der Waals surface area contributed by atoms with E-state index in [1.807, 2.05) is 0 Å². The average molecular weight is 183 g/mol. The van der Waals surface area contributed by atoms with E-state index in [1.165, 1.54) is 9.75 Å². The SMILES string of the molecule is Cc1ccc(C2NCCCO2)s1. The van der Waals surface area contributed by atoms with E-state index in [2.05, 4.69) is 24.4 Å². The first-order valence-corrected chi connectivity index (χ1v) is 5.09. The van der Waals surface area contributed by atoms with Gasteiger partial charge in [-0.2, -0.15) is 0 Å². The summed E-state index contributed by atoms with van der Waals surface area (Å²) < 4.78 is 5.58. The summed E-state index contributed by atoms with van der Waals surface area (Å²) >= 11 is 1.81. The fourth-order valence-electron chi connectivity index (χ4n) is 1.34. The van der Waals surface area contributed by atoms with Crippen LogP contribution in [0, 0.1) is 6.92 Å². The van der Waals surface area contributed by atoms with Crippen LogP contribution >= 0.6 is 11.3 Å². The van der Waals surface area contributed by atoms with Crippen LogP contribution in [0.25, 0.3) is 0 Å². The lowest BCUT2D eigenvalue weighted by Gasteiger charge is -2.22. The maximum atomic E-state index is 5.58. The number of ether oxygens (including phenoxy) is 1. The minimum atomic E-state index is 0.150. The molecule has 0 bridgehead atoms. The van der Waals surface area contributed by atoms with Crippen LogP contribution in [0.15, 0.2) is 12.1 Å². The Balaban J connectivity index is 2.08. The number of thiophene rings is 1. The molecule has 0 aliphatic carbocycles. The molecule has 2 rings (SSSR count). The lowest BCUT2D eigenvalue weighted by Crippen LogP contribution is -2.30. The largest absolute Gasteiger partial charge is 0.358 e. The zero-order chi connectivity index (χ0) is 8.39. The summed E-state index contributed by atoms with van der Waals surface area (Å²) in [7, 11) is 0. The van der Waals surface area contributed by atoms with E-state index in [1.54, 1.807) is 11.3 Å². The van der Waals surface area contributed by atoms with Crippen LogP contribution in [0.5, 0.6) is 0 Å². The minimum Gasteiger partial charge on any atom is -0.358 e. The molecule has 1 aromatic heterocycles. The molecule has 66 valence electrons. The van der Waals surface area contributed by atoms with Gasteiger partial charge in [-0.05, 0) is 25.5 Å². The molecule has 1 aliphatic rings. The third-order valence-electron chi connectivity index (χ3n) is 1.95. The molecule has 1 aliphatic heterocycles. The highest BCUT2D eigenvalue weighted by molar-refractivity contribution is 7.11. The molecule has 3 heteroatoms. The Hall–Kier alpha value is -0.380. The second-order valence-corrected chi connectivity index (χ2v) is 4.33. The third-order valence-corrected chi connectivity index (χ3v) is 3.00. The Morgan fingerprint density at radius 1 is 1.58 bits per heavy atom. The number of rotatable bonds is 1. The van der Waals surface area contributed by atoms with Crippen LogP contribution in [0.2, 0.25) is 0 Å². The molecule has 0 spiro atoms. The molecule has 2 heterocycles. The van der Waals surface area contributed by atoms with Gasteiger partial charge in [0, 0.05) is 16.3 Å². The van der Waals surface area contributed by atoms with Gasteiger partial charge in [0.2, 0.25) is 0 Å². The first kappa shape index (κ1) is 8.23. The highest BCUT2D eigenvalue weighted by Crippen LogP contribution is 2.24. The normalized spacial score (nSPS) is 24.2. The Morgan fingerprint density at radius 2 is 2.50 bits per heavy atom. The molecule has 1 fully saturated rings. The van der Waals surface area contributed by atoms with E-state index in [9.17, 15) is 0 Å². The highest BCUT2D eigenvalue weighted by atomic mass is 32.1. The number of hydrogen-bond acceptors (Lipinski definition) is 3. The van der Waals surface area contributed by atoms with E-state index < -0.39 is 0 Å². The molecule has 1 atom stereocenters. The highest BCUT2D eigenvalue weighted by Gasteiger charge is 2.15. The molecule has 0 amide bonds. The van der Waals surface area contributed by atoms with Gasteiger partial charge in [0.25, 0.3) is 0 Å². The van der Waals surface area contributed by atoms with Crippen LogP contribution in [-0.2, 0) is 4.74 Å². The molecule has 2 nitrogen and oxygen atoms in total. The van der Waals surface area contributed by atoms with E-state index in [4.69, 9.17) is 4.74 Å². The van der Waals surface area contributed by atoms with E-state index in [0.717, 1.165) is 19.6 Å². The van der Waals surface area contributed by atoms with Crippen LogP contribution in [-0.4, -0.2) is 13.2 Å². The Bertz CT molecular complexity index is 253. The van der Waals surface area contributed by atoms with Crippen molar-refractivity contribution in [1.82, 2.24) is 5.32 Å². The second kappa shape index (κ2) is 3.56. The second-order valence-electron chi connectivity index (χ2n) is 3.01. The van der Waals surface area contributed by atoms with Crippen molar-refractivity contribution in [2.24, 2.45) is 0 Å². The van der Waals surface area contributed by atoms with Gasteiger partial charge in [-0.25, -0.2) is 0 Å². The lowest BCUT2D eigenvalue weighted by molar-refractivity contribution is 0.00197. The summed E-state index contributed by atoms with van der Waals surface area (Å²) in [5, 5.41) is 3.34. The van der Waals surface area contributed by atoms with Gasteiger partial charge in [0.15, 0.2) is 0 Å². The molecule has 0 saturated carbocycles. The standard InChI is InChI=1S/C9H13NOS/c1-7-3-4-8(12-7)9-10-5-2-6-11-9/h3-4,9-10H,2,5-6H2,1H3. The lowest BCUT2D eigenvalue weighted by atomic mass is 10.3. The number of nitrogens with one attached hydrogen (secondary N) is 1.